The van der Waals surface area contributed by atoms with Crippen molar-refractivity contribution in [3.63, 3.8) is 0 Å². The molecule has 1 unspecified atom stereocenters. The average molecular weight is 680 g/mol. The molecule has 3 heterocycles. The highest BCUT2D eigenvalue weighted by Crippen LogP contribution is 2.12. The minimum atomic E-state index is -0.750. The molecule has 1 aliphatic rings. The molecule has 0 radical (unpaired) electrons. The number of unbranched alkanes of at least 4 members (excludes halogenated alkanes) is 3. The molecule has 1 atom stereocenters. The molecule has 12 N–H and O–H groups in total. The molecular formula is C28H47N12O8+. The molecule has 2 aromatic rings. The summed E-state index contributed by atoms with van der Waals surface area (Å²) in [5, 5.41) is 19.4. The summed E-state index contributed by atoms with van der Waals surface area (Å²) < 4.78 is 1.44. The van der Waals surface area contributed by atoms with Crippen molar-refractivity contribution in [2.24, 2.45) is 21.5 Å². The second kappa shape index (κ2) is 30.5. The number of isocyanates is 3. The quantitative estimate of drug-likeness (QED) is 0.0511. The minimum absolute atomic E-state index is 0.129. The topological polar surface area (TPSA) is 330 Å². The number of aliphatic hydroxyl groups is 2. The number of nitrogen functional groups attached to an aromatic ring is 1. The van der Waals surface area contributed by atoms with Gasteiger partial charge in [0.15, 0.2) is 6.54 Å². The third kappa shape index (κ3) is 26.1. The first kappa shape index (κ1) is 44.9. The van der Waals surface area contributed by atoms with Crippen molar-refractivity contribution in [2.75, 3.05) is 44.1 Å². The summed E-state index contributed by atoms with van der Waals surface area (Å²) >= 11 is 0. The standard InChI is InChI=1S/C13H19N5O3.C8H11N2O2.C5H7N3O.CH6N2.CH4O2/c1-10-8-11(20)17-12(16-10)18-13(21)15-7-5-3-2-4-6-14-9-19;11-6-9-8-4-2-1-3-5-10(8)7-12;1-3-2-4(9)8-5(6)7-3;2*2-1-3/h8H,2-7H2,1H3,(H3,15,16,17,18,20,21);8H,1-5H2;2H,1H3,(H3,6,7,8,9);1-3H2;2-3H,1H2/q;+1;;;. The van der Waals surface area contributed by atoms with Crippen LogP contribution < -0.4 is 39.0 Å². The molecule has 48 heavy (non-hydrogen) atoms. The number of carbonyl (C=O) groups is 1. The van der Waals surface area contributed by atoms with Crippen molar-refractivity contribution in [3.05, 3.63) is 44.2 Å². The SMILES string of the molecule is Cc1cc(=O)[nH]c(N)n1.Cc1cc(=O)[nH]c(NC(=O)NCCCCCCN=C=O)n1.NCN.O=C=NC1CCCCC[N+]1=C=O.OCO. The molecule has 0 spiro atoms. The van der Waals surface area contributed by atoms with Gasteiger partial charge in [0.1, 0.15) is 6.79 Å². The molecule has 0 aromatic carbocycles. The number of aliphatic imine (C=N–C) groups is 2. The summed E-state index contributed by atoms with van der Waals surface area (Å²) in [6.45, 7) is 4.57. The van der Waals surface area contributed by atoms with E-state index in [1.165, 1.54) is 28.9 Å². The fourth-order valence-corrected chi connectivity index (χ4v) is 3.70. The summed E-state index contributed by atoms with van der Waals surface area (Å²) in [6, 6.07) is 2.32. The summed E-state index contributed by atoms with van der Waals surface area (Å²) in [6.07, 6.45) is 11.8. The summed E-state index contributed by atoms with van der Waals surface area (Å²) in [4.78, 5) is 83.1. The highest BCUT2D eigenvalue weighted by molar-refractivity contribution is 5.87. The molecule has 266 valence electrons. The lowest BCUT2D eigenvalue weighted by Crippen LogP contribution is -2.31. The molecule has 2 amide bonds. The second-order valence-corrected chi connectivity index (χ2v) is 9.49. The van der Waals surface area contributed by atoms with Crippen LogP contribution in [-0.4, -0.2) is 98.3 Å². The number of hydrogen-bond acceptors (Lipinski definition) is 15. The maximum absolute atomic E-state index is 11.6. The van der Waals surface area contributed by atoms with Crippen molar-refractivity contribution >= 4 is 36.2 Å². The van der Waals surface area contributed by atoms with Gasteiger partial charge in [0.25, 0.3) is 17.3 Å². The van der Waals surface area contributed by atoms with E-state index < -0.39 is 12.8 Å². The number of nitrogens with two attached hydrogens (primary N) is 3. The number of aromatic nitrogens is 4. The zero-order valence-electron chi connectivity index (χ0n) is 27.2. The van der Waals surface area contributed by atoms with Gasteiger partial charge in [-0.05, 0) is 39.5 Å². The van der Waals surface area contributed by atoms with E-state index in [-0.39, 0.29) is 35.8 Å². The van der Waals surface area contributed by atoms with Crippen LogP contribution in [0.4, 0.5) is 16.7 Å². The summed E-state index contributed by atoms with van der Waals surface area (Å²) in [5.74, 6) is 0.296. The molecular weight excluding hydrogens is 632 g/mol. The molecule has 3 rings (SSSR count). The van der Waals surface area contributed by atoms with E-state index in [0.29, 0.717) is 31.0 Å². The predicted octanol–water partition coefficient (Wildman–Crippen LogP) is -0.883. The van der Waals surface area contributed by atoms with Crippen molar-refractivity contribution < 1.29 is 34.0 Å². The Hall–Kier alpha value is -5.19. The Morgan fingerprint density at radius 2 is 1.58 bits per heavy atom. The van der Waals surface area contributed by atoms with E-state index in [1.54, 1.807) is 19.9 Å². The lowest BCUT2D eigenvalue weighted by molar-refractivity contribution is -0.560. The number of aliphatic hydroxyl groups excluding tert-OH is 1. The first-order valence-corrected chi connectivity index (χ1v) is 14.8. The van der Waals surface area contributed by atoms with Crippen LogP contribution in [0.2, 0.25) is 0 Å². The lowest BCUT2D eigenvalue weighted by atomic mass is 10.2. The smallest absolute Gasteiger partial charge is 0.371 e. The van der Waals surface area contributed by atoms with Gasteiger partial charge >= 0.3 is 12.1 Å². The third-order valence-electron chi connectivity index (χ3n) is 5.58. The van der Waals surface area contributed by atoms with Crippen LogP contribution in [0, 0.1) is 13.8 Å². The number of anilines is 2. The summed E-state index contributed by atoms with van der Waals surface area (Å²) in [7, 11) is 0. The number of nitrogens with one attached hydrogen (secondary N) is 4. The number of hydrogen-bond donors (Lipinski definition) is 9. The van der Waals surface area contributed by atoms with Crippen molar-refractivity contribution in [2.45, 2.75) is 71.4 Å². The Morgan fingerprint density at radius 1 is 0.979 bits per heavy atom. The molecule has 1 fully saturated rings. The molecule has 1 aliphatic heterocycles. The Bertz CT molecular complexity index is 1420. The number of aromatic amines is 2. The number of H-pyrrole nitrogens is 2. The van der Waals surface area contributed by atoms with Crippen LogP contribution in [0.15, 0.2) is 31.7 Å². The van der Waals surface area contributed by atoms with Gasteiger partial charge in [0.2, 0.25) is 24.1 Å². The van der Waals surface area contributed by atoms with Crippen LogP contribution in [0.1, 0.15) is 62.8 Å². The number of nitrogens with zero attached hydrogens (tertiary/aromatic N) is 5. The Balaban J connectivity index is 0. The number of carbonyl (C=O) groups excluding carboxylic acids is 4. The van der Waals surface area contributed by atoms with Crippen molar-refractivity contribution in [1.82, 2.24) is 25.3 Å². The number of urea groups is 1. The Labute approximate surface area is 276 Å². The van der Waals surface area contributed by atoms with Crippen LogP contribution in [0.25, 0.3) is 0 Å². The minimum Gasteiger partial charge on any atom is -0.371 e. The van der Waals surface area contributed by atoms with Gasteiger partial charge in [-0.15, -0.1) is 9.57 Å². The van der Waals surface area contributed by atoms with Gasteiger partial charge in [0.05, 0.1) is 6.54 Å². The highest BCUT2D eigenvalue weighted by Gasteiger charge is 2.23. The fraction of sp³-hybridized carbons (Fsp3) is 0.571. The predicted molar refractivity (Wildman–Crippen MR) is 176 cm³/mol. The van der Waals surface area contributed by atoms with E-state index in [4.69, 9.17) is 15.9 Å². The zero-order chi connectivity index (χ0) is 36.6. The molecule has 0 aliphatic carbocycles. The van der Waals surface area contributed by atoms with Crippen LogP contribution in [-0.2, 0) is 14.4 Å². The second-order valence-electron chi connectivity index (χ2n) is 9.49. The van der Waals surface area contributed by atoms with E-state index in [9.17, 15) is 28.8 Å². The maximum atomic E-state index is 11.6. The van der Waals surface area contributed by atoms with Gasteiger partial charge in [-0.3, -0.25) is 24.9 Å². The molecule has 0 saturated carbocycles. The number of aryl methyl sites for hydroxylation is 2. The van der Waals surface area contributed by atoms with E-state index in [1.807, 2.05) is 0 Å². The van der Waals surface area contributed by atoms with Crippen LogP contribution in [0.5, 0.6) is 0 Å². The lowest BCUT2D eigenvalue weighted by Gasteiger charge is -2.06. The Morgan fingerprint density at radius 3 is 2.12 bits per heavy atom. The van der Waals surface area contributed by atoms with Crippen molar-refractivity contribution in [1.29, 1.82) is 0 Å². The van der Waals surface area contributed by atoms with E-state index in [2.05, 4.69) is 52.0 Å². The molecule has 0 bridgehead atoms. The van der Waals surface area contributed by atoms with E-state index in [0.717, 1.165) is 51.4 Å². The van der Waals surface area contributed by atoms with Gasteiger partial charge in [0, 0.05) is 49.6 Å². The van der Waals surface area contributed by atoms with Crippen molar-refractivity contribution in [3.8, 4) is 0 Å². The van der Waals surface area contributed by atoms with E-state index >= 15 is 0 Å². The van der Waals surface area contributed by atoms with Gasteiger partial charge < -0.3 is 32.7 Å². The van der Waals surface area contributed by atoms with Crippen LogP contribution >= 0.6 is 0 Å². The largest absolute Gasteiger partial charge is 0.426 e. The summed E-state index contributed by atoms with van der Waals surface area (Å²) in [5.41, 5.74) is 15.1. The van der Waals surface area contributed by atoms with Gasteiger partial charge in [-0.25, -0.2) is 29.3 Å². The van der Waals surface area contributed by atoms with Crippen LogP contribution in [0.3, 0.4) is 0 Å². The van der Waals surface area contributed by atoms with Gasteiger partial charge in [-0.2, -0.15) is 4.79 Å². The molecule has 1 saturated heterocycles. The maximum Gasteiger partial charge on any atom is 0.426 e. The Kier molecular flexibility index (Phi) is 28.5. The normalized spacial score (nSPS) is 12.7. The zero-order valence-corrected chi connectivity index (χ0v) is 27.2. The third-order valence-corrected chi connectivity index (χ3v) is 5.58. The monoisotopic (exact) mass is 679 g/mol. The number of amides is 2. The first-order chi connectivity index (χ1) is 23.0. The molecule has 20 heteroatoms. The highest BCUT2D eigenvalue weighted by atomic mass is 16.5. The number of rotatable bonds is 9. The van der Waals surface area contributed by atoms with Gasteiger partial charge in [-0.1, -0.05) is 12.8 Å². The molecule has 20 nitrogen and oxygen atoms in total. The fourth-order valence-electron chi connectivity index (χ4n) is 3.70. The first-order valence-electron chi connectivity index (χ1n) is 14.8. The average Bonchev–Trinajstić information content (AvgIpc) is 3.24. The molecule has 2 aromatic heterocycles.